The molecule has 22 heavy (non-hydrogen) atoms. The van der Waals surface area contributed by atoms with Gasteiger partial charge in [-0.2, -0.15) is 0 Å². The molecule has 1 amide bonds. The molecule has 0 fully saturated rings. The van der Waals surface area contributed by atoms with E-state index in [1.165, 1.54) is 0 Å². The molecule has 0 saturated carbocycles. The molecule has 1 atom stereocenters. The van der Waals surface area contributed by atoms with Crippen molar-refractivity contribution in [3.8, 4) is 5.69 Å². The van der Waals surface area contributed by atoms with E-state index in [4.69, 9.17) is 5.11 Å². The summed E-state index contributed by atoms with van der Waals surface area (Å²) in [7, 11) is 0. The number of benzene rings is 1. The Balaban J connectivity index is 2.10. The van der Waals surface area contributed by atoms with Gasteiger partial charge in [-0.25, -0.2) is 9.48 Å². The van der Waals surface area contributed by atoms with Gasteiger partial charge in [0.2, 0.25) is 5.91 Å². The van der Waals surface area contributed by atoms with E-state index in [9.17, 15) is 9.59 Å². The van der Waals surface area contributed by atoms with Crippen LogP contribution in [0.5, 0.6) is 0 Å². The van der Waals surface area contributed by atoms with Crippen LogP contribution in [0.25, 0.3) is 5.69 Å². The van der Waals surface area contributed by atoms with Gasteiger partial charge in [-0.3, -0.25) is 4.79 Å². The molecule has 0 bridgehead atoms. The molecule has 1 unspecified atom stereocenters. The molecular weight excluding hydrogens is 284 g/mol. The number of hydrogen-bond acceptors (Lipinski definition) is 4. The Hall–Kier alpha value is -2.70. The highest BCUT2D eigenvalue weighted by atomic mass is 16.4. The summed E-state index contributed by atoms with van der Waals surface area (Å²) < 4.78 is 1.65. The van der Waals surface area contributed by atoms with Crippen LogP contribution in [-0.4, -0.2) is 38.0 Å². The van der Waals surface area contributed by atoms with E-state index >= 15 is 0 Å². The van der Waals surface area contributed by atoms with Crippen LogP contribution >= 0.6 is 0 Å². The van der Waals surface area contributed by atoms with Crippen LogP contribution in [0.1, 0.15) is 24.7 Å². The number of carbonyl (C=O) groups is 2. The zero-order valence-corrected chi connectivity index (χ0v) is 12.5. The van der Waals surface area contributed by atoms with Gasteiger partial charge in [0.15, 0.2) is 0 Å². The minimum Gasteiger partial charge on any atom is -0.480 e. The molecule has 1 aromatic heterocycles. The van der Waals surface area contributed by atoms with Crippen LogP contribution in [0.4, 0.5) is 0 Å². The second-order valence-electron chi connectivity index (χ2n) is 4.91. The third-order valence-electron chi connectivity index (χ3n) is 3.36. The van der Waals surface area contributed by atoms with Gasteiger partial charge < -0.3 is 10.4 Å². The van der Waals surface area contributed by atoms with Crippen molar-refractivity contribution >= 4 is 11.9 Å². The standard InChI is InChI=1S/C15H18N4O3/c1-3-12(15(21)22)16-14(20)9-13-10(2)19(18-17-13)11-7-5-4-6-8-11/h4-8,12H,3,9H2,1-2H3,(H,16,20)(H,21,22). The number of amides is 1. The average molecular weight is 302 g/mol. The maximum absolute atomic E-state index is 11.9. The average Bonchev–Trinajstić information content (AvgIpc) is 2.86. The van der Waals surface area contributed by atoms with Gasteiger partial charge in [-0.15, -0.1) is 5.10 Å². The van der Waals surface area contributed by atoms with Gasteiger partial charge in [-0.1, -0.05) is 30.3 Å². The summed E-state index contributed by atoms with van der Waals surface area (Å²) in [6, 6.07) is 8.59. The number of aromatic nitrogens is 3. The summed E-state index contributed by atoms with van der Waals surface area (Å²) in [5.41, 5.74) is 2.14. The normalized spacial score (nSPS) is 11.9. The topological polar surface area (TPSA) is 97.1 Å². The smallest absolute Gasteiger partial charge is 0.326 e. The zero-order valence-electron chi connectivity index (χ0n) is 12.5. The molecule has 0 aliphatic carbocycles. The second kappa shape index (κ2) is 6.84. The Labute approximate surface area is 128 Å². The van der Waals surface area contributed by atoms with E-state index in [1.807, 2.05) is 37.3 Å². The van der Waals surface area contributed by atoms with Gasteiger partial charge >= 0.3 is 5.97 Å². The first kappa shape index (κ1) is 15.7. The predicted octanol–water partition coefficient (Wildman–Crippen LogP) is 1.10. The van der Waals surface area contributed by atoms with Gasteiger partial charge in [0.05, 0.1) is 23.5 Å². The lowest BCUT2D eigenvalue weighted by Gasteiger charge is -2.11. The van der Waals surface area contributed by atoms with E-state index in [0.717, 1.165) is 11.4 Å². The third kappa shape index (κ3) is 3.49. The number of rotatable bonds is 6. The molecule has 2 N–H and O–H groups in total. The lowest BCUT2D eigenvalue weighted by Crippen LogP contribution is -2.41. The van der Waals surface area contributed by atoms with Crippen LogP contribution in [-0.2, 0) is 16.0 Å². The number of nitrogens with one attached hydrogen (secondary N) is 1. The van der Waals surface area contributed by atoms with Gasteiger partial charge in [0.25, 0.3) is 0 Å². The van der Waals surface area contributed by atoms with E-state index in [-0.39, 0.29) is 12.3 Å². The summed E-state index contributed by atoms with van der Waals surface area (Å²) in [5.74, 6) is -1.42. The molecule has 1 heterocycles. The Morgan fingerprint density at radius 2 is 2.00 bits per heavy atom. The quantitative estimate of drug-likeness (QED) is 0.832. The van der Waals surface area contributed by atoms with E-state index in [2.05, 4.69) is 15.6 Å². The zero-order chi connectivity index (χ0) is 16.1. The molecule has 0 aliphatic heterocycles. The Bertz CT molecular complexity index is 667. The molecular formula is C15H18N4O3. The Morgan fingerprint density at radius 1 is 1.32 bits per heavy atom. The van der Waals surface area contributed by atoms with Crippen molar-refractivity contribution in [1.82, 2.24) is 20.3 Å². The fourth-order valence-corrected chi connectivity index (χ4v) is 2.07. The second-order valence-corrected chi connectivity index (χ2v) is 4.91. The molecule has 2 rings (SSSR count). The van der Waals surface area contributed by atoms with E-state index in [1.54, 1.807) is 11.6 Å². The lowest BCUT2D eigenvalue weighted by atomic mass is 10.2. The first-order chi connectivity index (χ1) is 10.5. The highest BCUT2D eigenvalue weighted by Crippen LogP contribution is 2.12. The van der Waals surface area contributed by atoms with Crippen LogP contribution in [0.15, 0.2) is 30.3 Å². The van der Waals surface area contributed by atoms with Crippen molar-refractivity contribution < 1.29 is 14.7 Å². The third-order valence-corrected chi connectivity index (χ3v) is 3.36. The maximum Gasteiger partial charge on any atom is 0.326 e. The van der Waals surface area contributed by atoms with Crippen molar-refractivity contribution in [3.05, 3.63) is 41.7 Å². The molecule has 0 radical (unpaired) electrons. The molecule has 0 spiro atoms. The van der Waals surface area contributed by atoms with Crippen LogP contribution < -0.4 is 5.32 Å². The summed E-state index contributed by atoms with van der Waals surface area (Å²) in [5, 5.41) is 19.5. The summed E-state index contributed by atoms with van der Waals surface area (Å²) in [6.07, 6.45) is 0.333. The fourth-order valence-electron chi connectivity index (χ4n) is 2.07. The number of para-hydroxylation sites is 1. The van der Waals surface area contributed by atoms with Crippen LogP contribution in [0.2, 0.25) is 0 Å². The molecule has 7 heteroatoms. The summed E-state index contributed by atoms with van der Waals surface area (Å²) >= 11 is 0. The summed E-state index contributed by atoms with van der Waals surface area (Å²) in [6.45, 7) is 3.53. The molecule has 0 aliphatic rings. The monoisotopic (exact) mass is 302 g/mol. The number of carbonyl (C=O) groups excluding carboxylic acids is 1. The largest absolute Gasteiger partial charge is 0.480 e. The van der Waals surface area contributed by atoms with Crippen LogP contribution in [0.3, 0.4) is 0 Å². The number of carboxylic acid groups (broad SMARTS) is 1. The van der Waals surface area contributed by atoms with Gasteiger partial charge in [0.1, 0.15) is 6.04 Å². The lowest BCUT2D eigenvalue weighted by molar-refractivity contribution is -0.141. The SMILES string of the molecule is CCC(NC(=O)Cc1nnn(-c2ccccc2)c1C)C(=O)O. The highest BCUT2D eigenvalue weighted by Gasteiger charge is 2.19. The Morgan fingerprint density at radius 3 is 2.59 bits per heavy atom. The number of aliphatic carboxylic acids is 1. The number of hydrogen-bond donors (Lipinski definition) is 2. The Kier molecular flexibility index (Phi) is 4.88. The molecule has 2 aromatic rings. The molecule has 116 valence electrons. The van der Waals surface area contributed by atoms with Crippen molar-refractivity contribution in [1.29, 1.82) is 0 Å². The van der Waals surface area contributed by atoms with Crippen molar-refractivity contribution in [2.75, 3.05) is 0 Å². The first-order valence-electron chi connectivity index (χ1n) is 7.01. The number of nitrogens with zero attached hydrogens (tertiary/aromatic N) is 3. The number of carboxylic acids is 1. The summed E-state index contributed by atoms with van der Waals surface area (Å²) in [4.78, 5) is 22.9. The van der Waals surface area contributed by atoms with E-state index < -0.39 is 12.0 Å². The maximum atomic E-state index is 11.9. The van der Waals surface area contributed by atoms with Crippen molar-refractivity contribution in [2.24, 2.45) is 0 Å². The van der Waals surface area contributed by atoms with Gasteiger partial charge in [0, 0.05) is 0 Å². The first-order valence-corrected chi connectivity index (χ1v) is 7.01. The highest BCUT2D eigenvalue weighted by molar-refractivity contribution is 5.84. The minimum atomic E-state index is -1.04. The minimum absolute atomic E-state index is 0.00243. The molecule has 1 aromatic carbocycles. The predicted molar refractivity (Wildman–Crippen MR) is 79.7 cm³/mol. The molecule has 7 nitrogen and oxygen atoms in total. The van der Waals surface area contributed by atoms with Gasteiger partial charge in [-0.05, 0) is 25.5 Å². The van der Waals surface area contributed by atoms with Crippen LogP contribution in [0, 0.1) is 6.92 Å². The van der Waals surface area contributed by atoms with Crippen molar-refractivity contribution in [2.45, 2.75) is 32.7 Å². The molecule has 0 saturated heterocycles. The fraction of sp³-hybridized carbons (Fsp3) is 0.333. The van der Waals surface area contributed by atoms with E-state index in [0.29, 0.717) is 12.1 Å². The van der Waals surface area contributed by atoms with Crippen molar-refractivity contribution in [3.63, 3.8) is 0 Å².